The quantitative estimate of drug-likeness (QED) is 0.790. The summed E-state index contributed by atoms with van der Waals surface area (Å²) in [7, 11) is 0. The summed E-state index contributed by atoms with van der Waals surface area (Å²) >= 11 is 0. The number of hydrogen-bond donors (Lipinski definition) is 1. The number of rotatable bonds is 4. The van der Waals surface area contributed by atoms with Gasteiger partial charge in [-0.2, -0.15) is 0 Å². The molecule has 2 nitrogen and oxygen atoms in total. The van der Waals surface area contributed by atoms with Crippen molar-refractivity contribution in [3.63, 3.8) is 0 Å². The molecule has 0 aromatic heterocycles. The lowest BCUT2D eigenvalue weighted by Crippen LogP contribution is -2.52. The average molecular weight is 224 g/mol. The van der Waals surface area contributed by atoms with E-state index in [2.05, 4.69) is 31.0 Å². The van der Waals surface area contributed by atoms with E-state index in [0.717, 1.165) is 18.0 Å². The molecule has 2 fully saturated rings. The molecule has 2 heteroatoms. The number of nitrogens with one attached hydrogen (secondary N) is 1. The Morgan fingerprint density at radius 1 is 1.06 bits per heavy atom. The van der Waals surface area contributed by atoms with Crippen LogP contribution in [-0.2, 0) is 0 Å². The van der Waals surface area contributed by atoms with Crippen molar-refractivity contribution in [2.75, 3.05) is 13.1 Å². The Labute approximate surface area is 101 Å². The summed E-state index contributed by atoms with van der Waals surface area (Å²) in [5, 5.41) is 3.70. The lowest BCUT2D eigenvalue weighted by molar-refractivity contribution is 0.0747. The van der Waals surface area contributed by atoms with Gasteiger partial charge in [-0.1, -0.05) is 20.3 Å². The first-order valence-corrected chi connectivity index (χ1v) is 7.17. The highest BCUT2D eigenvalue weighted by Crippen LogP contribution is 2.33. The third-order valence-corrected chi connectivity index (χ3v) is 4.43. The van der Waals surface area contributed by atoms with Crippen molar-refractivity contribution >= 4 is 0 Å². The fourth-order valence-electron chi connectivity index (χ4n) is 3.20. The molecule has 1 aliphatic heterocycles. The Morgan fingerprint density at radius 2 is 1.81 bits per heavy atom. The Kier molecular flexibility index (Phi) is 4.26. The Morgan fingerprint density at radius 3 is 2.38 bits per heavy atom. The van der Waals surface area contributed by atoms with E-state index in [0.29, 0.717) is 6.04 Å². The number of likely N-dealkylation sites (tertiary alicyclic amines) is 1. The van der Waals surface area contributed by atoms with Crippen LogP contribution in [0.25, 0.3) is 0 Å². The second kappa shape index (κ2) is 5.50. The van der Waals surface area contributed by atoms with Gasteiger partial charge in [0.05, 0.1) is 0 Å². The average Bonchev–Trinajstić information content (AvgIpc) is 2.14. The van der Waals surface area contributed by atoms with Gasteiger partial charge in [0.15, 0.2) is 0 Å². The van der Waals surface area contributed by atoms with Crippen molar-refractivity contribution in [1.29, 1.82) is 0 Å². The second-order valence-electron chi connectivity index (χ2n) is 6.09. The van der Waals surface area contributed by atoms with E-state index in [-0.39, 0.29) is 0 Å². The van der Waals surface area contributed by atoms with Crippen LogP contribution in [0.4, 0.5) is 0 Å². The first kappa shape index (κ1) is 12.4. The Bertz CT molecular complexity index is 211. The van der Waals surface area contributed by atoms with E-state index in [1.165, 1.54) is 45.2 Å². The van der Waals surface area contributed by atoms with Crippen LogP contribution in [0.3, 0.4) is 0 Å². The van der Waals surface area contributed by atoms with E-state index in [4.69, 9.17) is 0 Å². The summed E-state index contributed by atoms with van der Waals surface area (Å²) in [6, 6.07) is 2.19. The molecule has 2 atom stereocenters. The molecule has 0 spiro atoms. The van der Waals surface area contributed by atoms with Gasteiger partial charge in [0, 0.05) is 24.7 Å². The number of hydrogen-bond acceptors (Lipinski definition) is 2. The zero-order valence-corrected chi connectivity index (χ0v) is 11.2. The molecule has 1 saturated heterocycles. The predicted octanol–water partition coefficient (Wildman–Crippen LogP) is 2.64. The fraction of sp³-hybridized carbons (Fsp3) is 1.00. The van der Waals surface area contributed by atoms with Crippen LogP contribution >= 0.6 is 0 Å². The minimum Gasteiger partial charge on any atom is -0.311 e. The monoisotopic (exact) mass is 224 g/mol. The topological polar surface area (TPSA) is 15.3 Å². The molecule has 0 aromatic carbocycles. The molecular formula is C14H28N2. The van der Waals surface area contributed by atoms with Crippen molar-refractivity contribution in [2.24, 2.45) is 5.92 Å². The van der Waals surface area contributed by atoms with Gasteiger partial charge in [-0.3, -0.25) is 4.90 Å². The molecular weight excluding hydrogens is 196 g/mol. The van der Waals surface area contributed by atoms with E-state index < -0.39 is 0 Å². The van der Waals surface area contributed by atoms with E-state index in [9.17, 15) is 0 Å². The zero-order valence-electron chi connectivity index (χ0n) is 11.2. The zero-order chi connectivity index (χ0) is 11.5. The molecule has 0 aromatic rings. The summed E-state index contributed by atoms with van der Waals surface area (Å²) in [6.07, 6.45) is 7.16. The molecule has 94 valence electrons. The molecule has 1 aliphatic carbocycles. The molecule has 2 unspecified atom stereocenters. The van der Waals surface area contributed by atoms with Gasteiger partial charge in [-0.25, -0.2) is 0 Å². The third kappa shape index (κ3) is 2.98. The molecule has 2 aliphatic rings. The van der Waals surface area contributed by atoms with E-state index in [1.807, 2.05) is 0 Å². The molecule has 1 heterocycles. The van der Waals surface area contributed by atoms with E-state index in [1.54, 1.807) is 0 Å². The summed E-state index contributed by atoms with van der Waals surface area (Å²) in [5.41, 5.74) is 0. The molecule has 0 bridgehead atoms. The Hall–Kier alpha value is -0.0800. The molecule has 0 amide bonds. The van der Waals surface area contributed by atoms with Crippen LogP contribution in [0.2, 0.25) is 0 Å². The lowest BCUT2D eigenvalue weighted by atomic mass is 9.79. The maximum atomic E-state index is 3.70. The van der Waals surface area contributed by atoms with Gasteiger partial charge in [0.2, 0.25) is 0 Å². The van der Waals surface area contributed by atoms with Crippen molar-refractivity contribution in [1.82, 2.24) is 10.2 Å². The molecule has 2 rings (SSSR count). The SMILES string of the molecule is CC(C)NC1CCCN(C(C)C2CCC2)C1. The van der Waals surface area contributed by atoms with Gasteiger partial charge < -0.3 is 5.32 Å². The molecule has 0 radical (unpaired) electrons. The van der Waals surface area contributed by atoms with Crippen molar-refractivity contribution in [2.45, 2.75) is 71.0 Å². The highest BCUT2D eigenvalue weighted by Gasteiger charge is 2.31. The van der Waals surface area contributed by atoms with Gasteiger partial charge in [0.1, 0.15) is 0 Å². The fourth-order valence-corrected chi connectivity index (χ4v) is 3.20. The highest BCUT2D eigenvalue weighted by molar-refractivity contribution is 4.87. The van der Waals surface area contributed by atoms with Crippen LogP contribution in [0.15, 0.2) is 0 Å². The number of piperidine rings is 1. The smallest absolute Gasteiger partial charge is 0.0197 e. The first-order chi connectivity index (χ1) is 7.66. The summed E-state index contributed by atoms with van der Waals surface area (Å²) in [4.78, 5) is 2.73. The first-order valence-electron chi connectivity index (χ1n) is 7.17. The van der Waals surface area contributed by atoms with Crippen LogP contribution in [-0.4, -0.2) is 36.1 Å². The van der Waals surface area contributed by atoms with E-state index >= 15 is 0 Å². The van der Waals surface area contributed by atoms with Crippen LogP contribution in [0, 0.1) is 5.92 Å². The van der Waals surface area contributed by atoms with Gasteiger partial charge >= 0.3 is 0 Å². The second-order valence-corrected chi connectivity index (χ2v) is 6.09. The molecule has 16 heavy (non-hydrogen) atoms. The Balaban J connectivity index is 1.80. The van der Waals surface area contributed by atoms with Crippen molar-refractivity contribution < 1.29 is 0 Å². The van der Waals surface area contributed by atoms with Gasteiger partial charge in [-0.05, 0) is 45.1 Å². The lowest BCUT2D eigenvalue weighted by Gasteiger charge is -2.43. The van der Waals surface area contributed by atoms with Crippen LogP contribution < -0.4 is 5.32 Å². The highest BCUT2D eigenvalue weighted by atomic mass is 15.2. The van der Waals surface area contributed by atoms with Crippen LogP contribution in [0.5, 0.6) is 0 Å². The van der Waals surface area contributed by atoms with Gasteiger partial charge in [-0.15, -0.1) is 0 Å². The third-order valence-electron chi connectivity index (χ3n) is 4.43. The molecule has 1 saturated carbocycles. The maximum Gasteiger partial charge on any atom is 0.0197 e. The summed E-state index contributed by atoms with van der Waals surface area (Å²) in [5.74, 6) is 0.998. The van der Waals surface area contributed by atoms with Crippen molar-refractivity contribution in [3.8, 4) is 0 Å². The minimum atomic E-state index is 0.629. The molecule has 1 N–H and O–H groups in total. The standard InChI is InChI=1S/C14H28N2/c1-11(2)15-14-8-5-9-16(10-14)12(3)13-6-4-7-13/h11-15H,4-10H2,1-3H3. The summed E-state index contributed by atoms with van der Waals surface area (Å²) < 4.78 is 0. The van der Waals surface area contributed by atoms with Crippen LogP contribution in [0.1, 0.15) is 52.9 Å². The van der Waals surface area contributed by atoms with Crippen molar-refractivity contribution in [3.05, 3.63) is 0 Å². The number of nitrogens with zero attached hydrogens (tertiary/aromatic N) is 1. The maximum absolute atomic E-state index is 3.70. The summed E-state index contributed by atoms with van der Waals surface area (Å²) in [6.45, 7) is 9.56. The normalized spacial score (nSPS) is 30.4. The predicted molar refractivity (Wildman–Crippen MR) is 69.7 cm³/mol. The van der Waals surface area contributed by atoms with Gasteiger partial charge in [0.25, 0.3) is 0 Å². The largest absolute Gasteiger partial charge is 0.311 e. The minimum absolute atomic E-state index is 0.629.